The molecule has 9 aromatic carbocycles. The molecule has 0 fully saturated rings. The van der Waals surface area contributed by atoms with Gasteiger partial charge in [0.1, 0.15) is 0 Å². The molecule has 0 aliphatic rings. The number of rotatable bonds is 7. The Balaban J connectivity index is 0.855. The molecule has 5 nitrogen and oxygen atoms in total. The monoisotopic (exact) mass is 879 g/mol. The Morgan fingerprint density at radius 3 is 1.23 bits per heavy atom. The van der Waals surface area contributed by atoms with Gasteiger partial charge in [-0.05, 0) is 119 Å². The van der Waals surface area contributed by atoms with E-state index >= 15 is 0 Å². The van der Waals surface area contributed by atoms with Crippen LogP contribution in [0.25, 0.3) is 127 Å². The van der Waals surface area contributed by atoms with Gasteiger partial charge in [-0.2, -0.15) is 0 Å². The summed E-state index contributed by atoms with van der Waals surface area (Å²) in [5.74, 6) is 0. The molecule has 0 atom stereocenters. The van der Waals surface area contributed by atoms with Gasteiger partial charge in [0, 0.05) is 55.6 Å². The molecule has 0 aliphatic heterocycles. The minimum Gasteiger partial charge on any atom is -0.309 e. The summed E-state index contributed by atoms with van der Waals surface area (Å²) in [6.45, 7) is 0. The molecule has 0 radical (unpaired) electrons. The molecular formula is C64H41N5. The van der Waals surface area contributed by atoms with E-state index in [2.05, 4.69) is 250 Å². The maximum absolute atomic E-state index is 5.19. The molecule has 0 saturated heterocycles. The fourth-order valence-electron chi connectivity index (χ4n) is 10.7. The SMILES string of the molecule is c1ccc(-c2cc(-n3c4ccccc4c4cc(-c5ccc6c(c5)c5ccccc5n6-c5ccc(-c6ccc7c(c6)c6ncccc6n7-c6ccccc6)cc5)ccc43)cc(-c3ccccc3)n2)cc1. The van der Waals surface area contributed by atoms with Crippen molar-refractivity contribution in [1.29, 1.82) is 0 Å². The zero-order valence-corrected chi connectivity index (χ0v) is 37.4. The van der Waals surface area contributed by atoms with Crippen molar-refractivity contribution in [1.82, 2.24) is 23.7 Å². The third-order valence-electron chi connectivity index (χ3n) is 13.9. The summed E-state index contributed by atoms with van der Waals surface area (Å²) < 4.78 is 7.11. The number of fused-ring (bicyclic) bond motifs is 9. The third kappa shape index (κ3) is 6.32. The van der Waals surface area contributed by atoms with Crippen LogP contribution in [0.4, 0.5) is 0 Å². The molecule has 0 bridgehead atoms. The maximum atomic E-state index is 5.19. The van der Waals surface area contributed by atoms with E-state index in [4.69, 9.17) is 9.97 Å². The molecule has 69 heavy (non-hydrogen) atoms. The first-order valence-electron chi connectivity index (χ1n) is 23.5. The Labute approximate surface area is 398 Å². The normalized spacial score (nSPS) is 11.8. The van der Waals surface area contributed by atoms with Crippen molar-refractivity contribution in [2.24, 2.45) is 0 Å². The smallest absolute Gasteiger partial charge is 0.0963 e. The van der Waals surface area contributed by atoms with Gasteiger partial charge in [-0.1, -0.05) is 146 Å². The van der Waals surface area contributed by atoms with E-state index in [0.717, 1.165) is 83.7 Å². The van der Waals surface area contributed by atoms with Crippen LogP contribution in [0.15, 0.2) is 249 Å². The van der Waals surface area contributed by atoms with E-state index in [-0.39, 0.29) is 0 Å². The highest BCUT2D eigenvalue weighted by Crippen LogP contribution is 2.40. The quantitative estimate of drug-likeness (QED) is 0.160. The predicted octanol–water partition coefficient (Wildman–Crippen LogP) is 16.4. The van der Waals surface area contributed by atoms with Gasteiger partial charge in [0.25, 0.3) is 0 Å². The van der Waals surface area contributed by atoms with Gasteiger partial charge in [0.2, 0.25) is 0 Å². The Morgan fingerprint density at radius 2 is 0.652 bits per heavy atom. The van der Waals surface area contributed by atoms with Crippen LogP contribution in [0.3, 0.4) is 0 Å². The van der Waals surface area contributed by atoms with Gasteiger partial charge in [-0.3, -0.25) is 4.98 Å². The lowest BCUT2D eigenvalue weighted by Crippen LogP contribution is -1.98. The van der Waals surface area contributed by atoms with Crippen LogP contribution in [0.5, 0.6) is 0 Å². The molecule has 0 N–H and O–H groups in total. The highest BCUT2D eigenvalue weighted by molar-refractivity contribution is 6.13. The van der Waals surface area contributed by atoms with Crippen LogP contribution in [0.2, 0.25) is 0 Å². The molecule has 14 aromatic rings. The Hall–Kier alpha value is -9.32. The molecule has 5 aromatic heterocycles. The number of benzene rings is 9. The first-order valence-corrected chi connectivity index (χ1v) is 23.5. The first-order chi connectivity index (χ1) is 34.2. The minimum atomic E-state index is 0.942. The predicted molar refractivity (Wildman–Crippen MR) is 287 cm³/mol. The average molecular weight is 880 g/mol. The van der Waals surface area contributed by atoms with Crippen LogP contribution in [0, 0.1) is 0 Å². The van der Waals surface area contributed by atoms with Crippen LogP contribution in [0.1, 0.15) is 0 Å². The van der Waals surface area contributed by atoms with Crippen molar-refractivity contribution in [3.63, 3.8) is 0 Å². The molecule has 0 amide bonds. The first kappa shape index (κ1) is 38.9. The number of hydrogen-bond acceptors (Lipinski definition) is 2. The van der Waals surface area contributed by atoms with Gasteiger partial charge in [0.05, 0.1) is 55.7 Å². The molecule has 0 aliphatic carbocycles. The van der Waals surface area contributed by atoms with E-state index < -0.39 is 0 Å². The summed E-state index contributed by atoms with van der Waals surface area (Å²) in [7, 11) is 0. The average Bonchev–Trinajstić information content (AvgIpc) is 4.06. The Kier molecular flexibility index (Phi) is 8.83. The van der Waals surface area contributed by atoms with Gasteiger partial charge in [-0.25, -0.2) is 4.98 Å². The van der Waals surface area contributed by atoms with E-state index in [0.29, 0.717) is 0 Å². The topological polar surface area (TPSA) is 40.6 Å². The van der Waals surface area contributed by atoms with Gasteiger partial charge in [0.15, 0.2) is 0 Å². The van der Waals surface area contributed by atoms with E-state index in [1.165, 1.54) is 43.7 Å². The second-order valence-electron chi connectivity index (χ2n) is 17.8. The molecule has 5 heterocycles. The lowest BCUT2D eigenvalue weighted by atomic mass is 10.0. The molecular weight excluding hydrogens is 839 g/mol. The lowest BCUT2D eigenvalue weighted by molar-refractivity contribution is 1.16. The van der Waals surface area contributed by atoms with Crippen molar-refractivity contribution in [3.8, 4) is 61.8 Å². The summed E-state index contributed by atoms with van der Waals surface area (Å²) in [4.78, 5) is 10.0. The zero-order valence-electron chi connectivity index (χ0n) is 37.4. The summed E-state index contributed by atoms with van der Waals surface area (Å²) >= 11 is 0. The summed E-state index contributed by atoms with van der Waals surface area (Å²) in [6, 6.07) is 87.3. The lowest BCUT2D eigenvalue weighted by Gasteiger charge is -2.13. The van der Waals surface area contributed by atoms with Crippen molar-refractivity contribution >= 4 is 65.5 Å². The second-order valence-corrected chi connectivity index (χ2v) is 17.8. The molecule has 14 rings (SSSR count). The molecule has 322 valence electrons. The minimum absolute atomic E-state index is 0.942. The summed E-state index contributed by atoms with van der Waals surface area (Å²) in [5.41, 5.74) is 20.0. The van der Waals surface area contributed by atoms with Crippen LogP contribution in [-0.4, -0.2) is 23.7 Å². The Morgan fingerprint density at radius 1 is 0.246 bits per heavy atom. The van der Waals surface area contributed by atoms with Crippen molar-refractivity contribution in [2.75, 3.05) is 0 Å². The van der Waals surface area contributed by atoms with Gasteiger partial charge < -0.3 is 13.7 Å². The van der Waals surface area contributed by atoms with Crippen molar-refractivity contribution in [2.45, 2.75) is 0 Å². The molecule has 0 saturated carbocycles. The number of nitrogens with zero attached hydrogens (tertiary/aromatic N) is 5. The summed E-state index contributed by atoms with van der Waals surface area (Å²) in [6.07, 6.45) is 1.89. The highest BCUT2D eigenvalue weighted by Gasteiger charge is 2.19. The van der Waals surface area contributed by atoms with E-state index in [1.54, 1.807) is 0 Å². The fourth-order valence-corrected chi connectivity index (χ4v) is 10.7. The maximum Gasteiger partial charge on any atom is 0.0963 e. The largest absolute Gasteiger partial charge is 0.309 e. The summed E-state index contributed by atoms with van der Waals surface area (Å²) in [5, 5.41) is 6.02. The third-order valence-corrected chi connectivity index (χ3v) is 13.9. The van der Waals surface area contributed by atoms with Crippen LogP contribution >= 0.6 is 0 Å². The highest BCUT2D eigenvalue weighted by atomic mass is 15.0. The fraction of sp³-hybridized carbons (Fsp3) is 0. The van der Waals surface area contributed by atoms with Gasteiger partial charge >= 0.3 is 0 Å². The number of hydrogen-bond donors (Lipinski definition) is 0. The van der Waals surface area contributed by atoms with E-state index in [9.17, 15) is 0 Å². The Bertz CT molecular complexity index is 4220. The van der Waals surface area contributed by atoms with Crippen molar-refractivity contribution < 1.29 is 0 Å². The van der Waals surface area contributed by atoms with E-state index in [1.807, 2.05) is 12.3 Å². The van der Waals surface area contributed by atoms with Gasteiger partial charge in [-0.15, -0.1) is 0 Å². The number of pyridine rings is 2. The number of para-hydroxylation sites is 3. The standard InChI is InChI=1S/C64H41N5/c1-4-15-43(16-5-1)56-40-50(41-57(66-56)44-17-6-2-7-18-44)69-59-24-13-11-22-52(59)54-38-47(30-34-61(54)69)46-29-33-60-53(37-46)51-21-10-12-23-58(51)67(60)49-31-26-42(27-32-49)45-28-35-62-55(39-45)64-63(25-14-36-65-64)68(62)48-19-8-3-9-20-48/h1-41H. The molecule has 0 spiro atoms. The second kappa shape index (κ2) is 15.7. The molecule has 0 unspecified atom stereocenters. The van der Waals surface area contributed by atoms with Crippen molar-refractivity contribution in [3.05, 3.63) is 249 Å². The number of aromatic nitrogens is 5. The van der Waals surface area contributed by atoms with Crippen LogP contribution < -0.4 is 0 Å². The van der Waals surface area contributed by atoms with Crippen LogP contribution in [-0.2, 0) is 0 Å². The zero-order chi connectivity index (χ0) is 45.4. The molecule has 5 heteroatoms.